The van der Waals surface area contributed by atoms with Gasteiger partial charge >= 0.3 is 5.97 Å². The molecule has 86 valence electrons. The number of nitrogens with one attached hydrogen (secondary N) is 1. The van der Waals surface area contributed by atoms with Gasteiger partial charge in [0.1, 0.15) is 6.04 Å². The number of para-hydroxylation sites is 1. The Kier molecular flexibility index (Phi) is 3.10. The lowest BCUT2D eigenvalue weighted by atomic mass is 9.96. The van der Waals surface area contributed by atoms with Crippen molar-refractivity contribution in [3.05, 3.63) is 29.8 Å². The van der Waals surface area contributed by atoms with Crippen LogP contribution in [0.5, 0.6) is 0 Å². The van der Waals surface area contributed by atoms with Crippen LogP contribution in [0.3, 0.4) is 0 Å². The van der Waals surface area contributed by atoms with Gasteiger partial charge in [-0.2, -0.15) is 0 Å². The third kappa shape index (κ3) is 1.76. The predicted molar refractivity (Wildman–Crippen MR) is 60.3 cm³/mol. The van der Waals surface area contributed by atoms with Gasteiger partial charge in [0.15, 0.2) is 0 Å². The molecule has 4 heteroatoms. The number of rotatable bonds is 3. The van der Waals surface area contributed by atoms with Crippen LogP contribution in [0.15, 0.2) is 24.3 Å². The van der Waals surface area contributed by atoms with Crippen LogP contribution in [0.1, 0.15) is 18.4 Å². The zero-order chi connectivity index (χ0) is 11.5. The number of anilines is 1. The third-order valence-electron chi connectivity index (χ3n) is 2.81. The Bertz CT molecular complexity index is 392. The molecular weight excluding hydrogens is 206 g/mol. The molecule has 1 aromatic carbocycles. The lowest BCUT2D eigenvalue weighted by molar-refractivity contribution is -0.144. The minimum absolute atomic E-state index is 0.0620. The van der Waals surface area contributed by atoms with E-state index in [-0.39, 0.29) is 18.5 Å². The van der Waals surface area contributed by atoms with Crippen molar-refractivity contribution in [2.75, 3.05) is 18.5 Å². The Morgan fingerprint density at radius 1 is 1.50 bits per heavy atom. The molecule has 0 fully saturated rings. The molecule has 2 rings (SSSR count). The van der Waals surface area contributed by atoms with Crippen molar-refractivity contribution >= 4 is 11.7 Å². The van der Waals surface area contributed by atoms with Crippen molar-refractivity contribution < 1.29 is 14.6 Å². The summed E-state index contributed by atoms with van der Waals surface area (Å²) in [7, 11) is 0. The van der Waals surface area contributed by atoms with Crippen molar-refractivity contribution in [3.8, 4) is 0 Å². The topological polar surface area (TPSA) is 58.6 Å². The van der Waals surface area contributed by atoms with E-state index in [0.29, 0.717) is 6.61 Å². The third-order valence-corrected chi connectivity index (χ3v) is 2.81. The Morgan fingerprint density at radius 2 is 2.25 bits per heavy atom. The van der Waals surface area contributed by atoms with Crippen LogP contribution in [0, 0.1) is 0 Å². The maximum Gasteiger partial charge on any atom is 0.329 e. The fourth-order valence-electron chi connectivity index (χ4n) is 2.06. The van der Waals surface area contributed by atoms with Gasteiger partial charge in [-0.05, 0) is 18.6 Å². The maximum atomic E-state index is 11.7. The van der Waals surface area contributed by atoms with E-state index >= 15 is 0 Å². The second-order valence-corrected chi connectivity index (χ2v) is 3.75. The number of aliphatic hydroxyl groups is 1. The standard InChI is InChI=1S/C12H15NO3/c1-2-16-12(15)11-9(7-14)8-5-3-4-6-10(8)13-11/h3-6,9,11,13-14H,2,7H2,1H3. The molecule has 16 heavy (non-hydrogen) atoms. The first-order chi connectivity index (χ1) is 7.77. The van der Waals surface area contributed by atoms with Crippen LogP contribution in [0.4, 0.5) is 5.69 Å². The molecule has 0 amide bonds. The Morgan fingerprint density at radius 3 is 2.94 bits per heavy atom. The minimum Gasteiger partial charge on any atom is -0.464 e. The molecule has 0 radical (unpaired) electrons. The van der Waals surface area contributed by atoms with E-state index in [2.05, 4.69) is 5.32 Å². The van der Waals surface area contributed by atoms with Crippen LogP contribution >= 0.6 is 0 Å². The van der Waals surface area contributed by atoms with Crippen molar-refractivity contribution in [3.63, 3.8) is 0 Å². The summed E-state index contributed by atoms with van der Waals surface area (Å²) >= 11 is 0. The number of ether oxygens (including phenoxy) is 1. The summed E-state index contributed by atoms with van der Waals surface area (Å²) in [6, 6.07) is 7.15. The SMILES string of the molecule is CCOC(=O)C1Nc2ccccc2C1CO. The normalized spacial score (nSPS) is 22.4. The minimum atomic E-state index is -0.470. The number of hydrogen-bond donors (Lipinski definition) is 2. The molecule has 0 aliphatic carbocycles. The number of aliphatic hydroxyl groups excluding tert-OH is 1. The van der Waals surface area contributed by atoms with Crippen molar-refractivity contribution in [1.29, 1.82) is 0 Å². The van der Waals surface area contributed by atoms with Gasteiger partial charge in [-0.15, -0.1) is 0 Å². The molecule has 1 aliphatic rings. The highest BCUT2D eigenvalue weighted by Gasteiger charge is 2.37. The van der Waals surface area contributed by atoms with E-state index in [1.807, 2.05) is 24.3 Å². The van der Waals surface area contributed by atoms with Crippen LogP contribution in [0.2, 0.25) is 0 Å². The van der Waals surface area contributed by atoms with Gasteiger partial charge in [0.25, 0.3) is 0 Å². The highest BCUT2D eigenvalue weighted by molar-refractivity contribution is 5.84. The molecule has 2 unspecified atom stereocenters. The van der Waals surface area contributed by atoms with Crippen LogP contribution in [-0.2, 0) is 9.53 Å². The van der Waals surface area contributed by atoms with Gasteiger partial charge in [-0.25, -0.2) is 4.79 Å². The van der Waals surface area contributed by atoms with Gasteiger partial charge in [0.2, 0.25) is 0 Å². The molecule has 0 aromatic heterocycles. The summed E-state index contributed by atoms with van der Waals surface area (Å²) in [6.45, 7) is 2.06. The lowest BCUT2D eigenvalue weighted by Crippen LogP contribution is -2.33. The van der Waals surface area contributed by atoms with Crippen molar-refractivity contribution in [1.82, 2.24) is 0 Å². The van der Waals surface area contributed by atoms with E-state index in [1.165, 1.54) is 0 Å². The average Bonchev–Trinajstić information content (AvgIpc) is 2.67. The van der Waals surface area contributed by atoms with Crippen LogP contribution < -0.4 is 5.32 Å². The molecule has 0 spiro atoms. The molecule has 2 atom stereocenters. The lowest BCUT2D eigenvalue weighted by Gasteiger charge is -2.16. The summed E-state index contributed by atoms with van der Waals surface area (Å²) in [6.07, 6.45) is 0. The quantitative estimate of drug-likeness (QED) is 0.751. The van der Waals surface area contributed by atoms with Crippen LogP contribution in [0.25, 0.3) is 0 Å². The number of carbonyl (C=O) groups excluding carboxylic acids is 1. The maximum absolute atomic E-state index is 11.7. The monoisotopic (exact) mass is 221 g/mol. The first-order valence-electron chi connectivity index (χ1n) is 5.41. The molecular formula is C12H15NO3. The summed E-state index contributed by atoms with van der Waals surface area (Å²) in [5.74, 6) is -0.520. The summed E-state index contributed by atoms with van der Waals surface area (Å²) in [4.78, 5) is 11.7. The van der Waals surface area contributed by atoms with Gasteiger partial charge < -0.3 is 15.2 Å². The molecule has 0 bridgehead atoms. The molecule has 4 nitrogen and oxygen atoms in total. The highest BCUT2D eigenvalue weighted by atomic mass is 16.5. The highest BCUT2D eigenvalue weighted by Crippen LogP contribution is 2.35. The number of benzene rings is 1. The fourth-order valence-corrected chi connectivity index (χ4v) is 2.06. The van der Waals surface area contributed by atoms with Gasteiger partial charge in [0, 0.05) is 11.6 Å². The predicted octanol–water partition coefficient (Wildman–Crippen LogP) is 1.12. The number of esters is 1. The smallest absolute Gasteiger partial charge is 0.329 e. The molecule has 1 aromatic rings. The van der Waals surface area contributed by atoms with E-state index in [0.717, 1.165) is 11.3 Å². The van der Waals surface area contributed by atoms with Crippen molar-refractivity contribution in [2.24, 2.45) is 0 Å². The van der Waals surface area contributed by atoms with Crippen LogP contribution in [-0.4, -0.2) is 30.3 Å². The summed E-state index contributed by atoms with van der Waals surface area (Å²) < 4.78 is 4.98. The Labute approximate surface area is 94.2 Å². The summed E-state index contributed by atoms with van der Waals surface area (Å²) in [5.41, 5.74) is 1.88. The van der Waals surface area contributed by atoms with E-state index in [9.17, 15) is 9.90 Å². The molecule has 0 saturated carbocycles. The Hall–Kier alpha value is -1.55. The average molecular weight is 221 g/mol. The van der Waals surface area contributed by atoms with Gasteiger partial charge in [0.05, 0.1) is 13.2 Å². The molecule has 0 saturated heterocycles. The molecule has 1 heterocycles. The number of fused-ring (bicyclic) bond motifs is 1. The largest absolute Gasteiger partial charge is 0.464 e. The van der Waals surface area contributed by atoms with Gasteiger partial charge in [-0.1, -0.05) is 18.2 Å². The molecule has 2 N–H and O–H groups in total. The van der Waals surface area contributed by atoms with Crippen molar-refractivity contribution in [2.45, 2.75) is 18.9 Å². The first kappa shape index (κ1) is 11.0. The second-order valence-electron chi connectivity index (χ2n) is 3.75. The Balaban J connectivity index is 2.24. The first-order valence-corrected chi connectivity index (χ1v) is 5.41. The van der Waals surface area contributed by atoms with E-state index in [1.54, 1.807) is 6.92 Å². The van der Waals surface area contributed by atoms with E-state index in [4.69, 9.17) is 4.74 Å². The number of carbonyl (C=O) groups is 1. The zero-order valence-corrected chi connectivity index (χ0v) is 9.14. The zero-order valence-electron chi connectivity index (χ0n) is 9.14. The second kappa shape index (κ2) is 4.53. The van der Waals surface area contributed by atoms with E-state index < -0.39 is 6.04 Å². The van der Waals surface area contributed by atoms with Gasteiger partial charge in [-0.3, -0.25) is 0 Å². The number of hydrogen-bond acceptors (Lipinski definition) is 4. The molecule has 1 aliphatic heterocycles. The fraction of sp³-hybridized carbons (Fsp3) is 0.417. The summed E-state index contributed by atoms with van der Waals surface area (Å²) in [5, 5.41) is 12.4.